The van der Waals surface area contributed by atoms with Crippen molar-refractivity contribution in [3.63, 3.8) is 0 Å². The van der Waals surface area contributed by atoms with Crippen LogP contribution in [0.5, 0.6) is 0 Å². The first-order valence-electron chi connectivity index (χ1n) is 5.40. The van der Waals surface area contributed by atoms with E-state index in [-0.39, 0.29) is 4.75 Å². The highest BCUT2D eigenvalue weighted by Crippen LogP contribution is 2.46. The van der Waals surface area contributed by atoms with Crippen molar-refractivity contribution in [2.45, 2.75) is 36.7 Å². The van der Waals surface area contributed by atoms with Gasteiger partial charge < -0.3 is 20.8 Å². The molecule has 6 nitrogen and oxygen atoms in total. The molecule has 0 aromatic heterocycles. The summed E-state index contributed by atoms with van der Waals surface area (Å²) in [5.41, 5.74) is 0. The summed E-state index contributed by atoms with van der Waals surface area (Å²) in [6, 6.07) is -1.84. The molecule has 1 aliphatic rings. The molecule has 0 unspecified atom stereocenters. The molecule has 0 radical (unpaired) electrons. The zero-order chi connectivity index (χ0) is 13.1. The maximum Gasteiger partial charge on any atom is 0.328 e. The van der Waals surface area contributed by atoms with E-state index in [0.717, 1.165) is 12.8 Å². The number of aliphatic hydroxyl groups excluding tert-OH is 1. The van der Waals surface area contributed by atoms with Crippen LogP contribution in [0, 0.1) is 0 Å². The number of amides is 2. The fraction of sp³-hybridized carbons (Fsp3) is 0.800. The smallest absolute Gasteiger partial charge is 0.328 e. The highest BCUT2D eigenvalue weighted by atomic mass is 32.2. The Bertz CT molecular complexity index is 305. The van der Waals surface area contributed by atoms with Crippen LogP contribution in [0.25, 0.3) is 0 Å². The fourth-order valence-corrected chi connectivity index (χ4v) is 2.14. The van der Waals surface area contributed by atoms with Gasteiger partial charge in [-0.1, -0.05) is 0 Å². The van der Waals surface area contributed by atoms with Crippen LogP contribution in [0.3, 0.4) is 0 Å². The molecule has 1 saturated carbocycles. The number of nitrogens with one attached hydrogen (secondary N) is 2. The Morgan fingerprint density at radius 2 is 2.06 bits per heavy atom. The van der Waals surface area contributed by atoms with Gasteiger partial charge in [-0.3, -0.25) is 0 Å². The lowest BCUT2D eigenvalue weighted by Gasteiger charge is -2.19. The first-order chi connectivity index (χ1) is 7.90. The number of urea groups is 1. The van der Waals surface area contributed by atoms with Crippen molar-refractivity contribution in [1.82, 2.24) is 10.6 Å². The van der Waals surface area contributed by atoms with E-state index in [1.165, 1.54) is 6.92 Å². The molecule has 0 aliphatic heterocycles. The molecule has 1 rings (SSSR count). The molecule has 2 atom stereocenters. The van der Waals surface area contributed by atoms with E-state index >= 15 is 0 Å². The van der Waals surface area contributed by atoms with Gasteiger partial charge in [-0.05, 0) is 26.0 Å². The molecule has 0 bridgehead atoms. The van der Waals surface area contributed by atoms with Gasteiger partial charge in [0.15, 0.2) is 6.04 Å². The van der Waals surface area contributed by atoms with Crippen LogP contribution in [-0.4, -0.2) is 51.9 Å². The molecule has 0 aromatic carbocycles. The Morgan fingerprint density at radius 1 is 1.47 bits per heavy atom. The van der Waals surface area contributed by atoms with Crippen LogP contribution in [0.1, 0.15) is 19.8 Å². The molecule has 0 aromatic rings. The highest BCUT2D eigenvalue weighted by molar-refractivity contribution is 8.00. The summed E-state index contributed by atoms with van der Waals surface area (Å²) in [4.78, 5) is 22.2. The second-order valence-corrected chi connectivity index (χ2v) is 5.54. The largest absolute Gasteiger partial charge is 0.480 e. The van der Waals surface area contributed by atoms with Crippen LogP contribution in [0.2, 0.25) is 0 Å². The van der Waals surface area contributed by atoms with Crippen molar-refractivity contribution in [1.29, 1.82) is 0 Å². The SMILES string of the molecule is CSC1(CNC(=O)N[C@H](C(=O)O)[C@@H](C)O)CC1. The molecule has 7 heteroatoms. The van der Waals surface area contributed by atoms with Gasteiger partial charge in [0, 0.05) is 11.3 Å². The second kappa shape index (κ2) is 5.59. The summed E-state index contributed by atoms with van der Waals surface area (Å²) >= 11 is 1.70. The topological polar surface area (TPSA) is 98.7 Å². The molecule has 4 N–H and O–H groups in total. The zero-order valence-corrected chi connectivity index (χ0v) is 10.7. The van der Waals surface area contributed by atoms with Gasteiger partial charge in [-0.2, -0.15) is 11.8 Å². The van der Waals surface area contributed by atoms with Crippen molar-refractivity contribution in [2.24, 2.45) is 0 Å². The zero-order valence-electron chi connectivity index (χ0n) is 9.90. The van der Waals surface area contributed by atoms with Gasteiger partial charge in [-0.25, -0.2) is 9.59 Å². The number of hydrogen-bond donors (Lipinski definition) is 4. The van der Waals surface area contributed by atoms with Crippen molar-refractivity contribution in [3.05, 3.63) is 0 Å². The first kappa shape index (κ1) is 14.1. The van der Waals surface area contributed by atoms with Gasteiger partial charge in [0.1, 0.15) is 0 Å². The Morgan fingerprint density at radius 3 is 2.41 bits per heavy atom. The van der Waals surface area contributed by atoms with Crippen LogP contribution in [0.15, 0.2) is 0 Å². The number of aliphatic hydroxyl groups is 1. The van der Waals surface area contributed by atoms with Crippen molar-refractivity contribution >= 4 is 23.8 Å². The summed E-state index contributed by atoms with van der Waals surface area (Å²) < 4.78 is 0.126. The minimum absolute atomic E-state index is 0.126. The molecule has 2 amide bonds. The van der Waals surface area contributed by atoms with E-state index in [4.69, 9.17) is 5.11 Å². The van der Waals surface area contributed by atoms with Crippen LogP contribution in [0.4, 0.5) is 4.79 Å². The molecule has 0 heterocycles. The Hall–Kier alpha value is -0.950. The number of hydrogen-bond acceptors (Lipinski definition) is 4. The number of carbonyl (C=O) groups excluding carboxylic acids is 1. The van der Waals surface area contributed by atoms with Gasteiger partial charge in [-0.15, -0.1) is 0 Å². The molecular weight excluding hydrogens is 244 g/mol. The Kier molecular flexibility index (Phi) is 4.64. The number of carbonyl (C=O) groups is 2. The van der Waals surface area contributed by atoms with E-state index in [9.17, 15) is 14.7 Å². The second-order valence-electron chi connectivity index (χ2n) is 4.27. The maximum atomic E-state index is 11.4. The third-order valence-corrected chi connectivity index (χ3v) is 4.27. The molecular formula is C10H18N2O4S. The standard InChI is InChI=1S/C10H18N2O4S/c1-6(13)7(8(14)15)12-9(16)11-5-10(17-2)3-4-10/h6-7,13H,3-5H2,1-2H3,(H,14,15)(H2,11,12,16)/t6-,7+/m1/s1. The lowest BCUT2D eigenvalue weighted by atomic mass is 10.2. The van der Waals surface area contributed by atoms with Gasteiger partial charge in [0.05, 0.1) is 6.10 Å². The molecule has 0 saturated heterocycles. The predicted molar refractivity (Wildman–Crippen MR) is 65.1 cm³/mol. The molecule has 98 valence electrons. The third-order valence-electron chi connectivity index (χ3n) is 2.85. The van der Waals surface area contributed by atoms with Crippen molar-refractivity contribution in [2.75, 3.05) is 12.8 Å². The average molecular weight is 262 g/mol. The van der Waals surface area contributed by atoms with E-state index < -0.39 is 24.1 Å². The monoisotopic (exact) mass is 262 g/mol. The predicted octanol–water partition coefficient (Wildman–Crippen LogP) is 0.0152. The minimum Gasteiger partial charge on any atom is -0.480 e. The molecule has 17 heavy (non-hydrogen) atoms. The van der Waals surface area contributed by atoms with Crippen LogP contribution in [-0.2, 0) is 4.79 Å². The number of aliphatic carboxylic acids is 1. The first-order valence-corrected chi connectivity index (χ1v) is 6.63. The van der Waals surface area contributed by atoms with Crippen molar-refractivity contribution in [3.8, 4) is 0 Å². The number of rotatable bonds is 6. The van der Waals surface area contributed by atoms with Gasteiger partial charge in [0.2, 0.25) is 0 Å². The summed E-state index contributed by atoms with van der Waals surface area (Å²) in [5, 5.41) is 22.8. The highest BCUT2D eigenvalue weighted by Gasteiger charge is 2.42. The fourth-order valence-electron chi connectivity index (χ4n) is 1.41. The number of carboxylic acid groups (broad SMARTS) is 1. The average Bonchev–Trinajstić information content (AvgIpc) is 3.03. The van der Waals surface area contributed by atoms with E-state index in [2.05, 4.69) is 10.6 Å². The Labute approximate surface area is 104 Å². The lowest BCUT2D eigenvalue weighted by molar-refractivity contribution is -0.141. The maximum absolute atomic E-state index is 11.4. The summed E-state index contributed by atoms with van der Waals surface area (Å²) in [6.07, 6.45) is 2.98. The van der Waals surface area contributed by atoms with E-state index in [0.29, 0.717) is 6.54 Å². The summed E-state index contributed by atoms with van der Waals surface area (Å²) in [6.45, 7) is 1.84. The summed E-state index contributed by atoms with van der Waals surface area (Å²) in [5.74, 6) is -1.25. The lowest BCUT2D eigenvalue weighted by Crippen LogP contribution is -2.52. The quantitative estimate of drug-likeness (QED) is 0.541. The van der Waals surface area contributed by atoms with Crippen LogP contribution >= 0.6 is 11.8 Å². The van der Waals surface area contributed by atoms with Gasteiger partial charge >= 0.3 is 12.0 Å². The number of thioether (sulfide) groups is 1. The summed E-state index contributed by atoms with van der Waals surface area (Å²) in [7, 11) is 0. The normalized spacial score (nSPS) is 20.2. The minimum atomic E-state index is -1.28. The van der Waals surface area contributed by atoms with Gasteiger partial charge in [0.25, 0.3) is 0 Å². The Balaban J connectivity index is 2.35. The van der Waals surface area contributed by atoms with Crippen LogP contribution < -0.4 is 10.6 Å². The molecule has 1 aliphatic carbocycles. The number of carboxylic acids is 1. The molecule has 0 spiro atoms. The van der Waals surface area contributed by atoms with E-state index in [1.807, 2.05) is 6.26 Å². The van der Waals surface area contributed by atoms with E-state index in [1.54, 1.807) is 11.8 Å². The van der Waals surface area contributed by atoms with Crippen molar-refractivity contribution < 1.29 is 19.8 Å². The molecule has 1 fully saturated rings. The third kappa shape index (κ3) is 4.08.